The monoisotopic (exact) mass is 228 g/mol. The summed E-state index contributed by atoms with van der Waals surface area (Å²) in [5, 5.41) is 9.46. The number of hydrogen-bond acceptors (Lipinski definition) is 3. The molecular formula is C11H13ClO3. The maximum absolute atomic E-state index is 11.3. The number of ether oxygens (including phenoxy) is 1. The Morgan fingerprint density at radius 3 is 2.73 bits per heavy atom. The van der Waals surface area contributed by atoms with Gasteiger partial charge in [0.25, 0.3) is 0 Å². The van der Waals surface area contributed by atoms with E-state index < -0.39 is 6.10 Å². The predicted octanol–water partition coefficient (Wildman–Crippen LogP) is 2.71. The largest absolute Gasteiger partial charge is 0.506 e. The fourth-order valence-electron chi connectivity index (χ4n) is 1.30. The molecule has 0 aliphatic rings. The van der Waals surface area contributed by atoms with Crippen LogP contribution in [0.15, 0.2) is 18.2 Å². The maximum Gasteiger partial charge on any atom is 0.163 e. The van der Waals surface area contributed by atoms with Crippen LogP contribution in [-0.4, -0.2) is 17.5 Å². The molecule has 0 spiro atoms. The van der Waals surface area contributed by atoms with Gasteiger partial charge in [0.15, 0.2) is 5.78 Å². The zero-order chi connectivity index (χ0) is 11.4. The van der Waals surface area contributed by atoms with Gasteiger partial charge in [-0.15, -0.1) is 0 Å². The van der Waals surface area contributed by atoms with Crippen molar-refractivity contribution in [3.8, 4) is 5.75 Å². The summed E-state index contributed by atoms with van der Waals surface area (Å²) in [7, 11) is 0. The van der Waals surface area contributed by atoms with Crippen molar-refractivity contribution in [3.05, 3.63) is 28.8 Å². The van der Waals surface area contributed by atoms with Crippen molar-refractivity contribution in [2.24, 2.45) is 0 Å². The highest BCUT2D eigenvalue weighted by Gasteiger charge is 2.17. The minimum atomic E-state index is -0.604. The van der Waals surface area contributed by atoms with Crippen LogP contribution in [0.1, 0.15) is 25.5 Å². The second kappa shape index (κ2) is 5.14. The van der Waals surface area contributed by atoms with Gasteiger partial charge in [0.05, 0.1) is 5.02 Å². The van der Waals surface area contributed by atoms with Crippen LogP contribution in [0.3, 0.4) is 0 Å². The third-order valence-electron chi connectivity index (χ3n) is 1.98. The molecule has 1 aromatic rings. The molecule has 0 amide bonds. The fourth-order valence-corrected chi connectivity index (χ4v) is 1.49. The van der Waals surface area contributed by atoms with Gasteiger partial charge < -0.3 is 9.84 Å². The molecule has 1 unspecified atom stereocenters. The van der Waals surface area contributed by atoms with Crippen LogP contribution < -0.4 is 0 Å². The average molecular weight is 229 g/mol. The van der Waals surface area contributed by atoms with E-state index in [0.717, 1.165) is 0 Å². The van der Waals surface area contributed by atoms with Crippen LogP contribution in [0.5, 0.6) is 5.75 Å². The average Bonchev–Trinajstić information content (AvgIpc) is 2.18. The molecule has 0 fully saturated rings. The number of carbonyl (C=O) groups is 1. The van der Waals surface area contributed by atoms with E-state index >= 15 is 0 Å². The van der Waals surface area contributed by atoms with E-state index in [0.29, 0.717) is 12.2 Å². The molecule has 4 heteroatoms. The number of ketones is 1. The molecule has 1 N–H and O–H groups in total. The van der Waals surface area contributed by atoms with Crippen molar-refractivity contribution in [1.82, 2.24) is 0 Å². The molecule has 0 aliphatic heterocycles. The maximum atomic E-state index is 11.3. The zero-order valence-corrected chi connectivity index (χ0v) is 9.41. The number of halogens is 1. The minimum Gasteiger partial charge on any atom is -0.506 e. The van der Waals surface area contributed by atoms with Gasteiger partial charge in [-0.25, -0.2) is 0 Å². The number of carbonyl (C=O) groups excluding carboxylic acids is 1. The first kappa shape index (κ1) is 12.0. The Morgan fingerprint density at radius 2 is 2.27 bits per heavy atom. The van der Waals surface area contributed by atoms with E-state index in [1.165, 1.54) is 13.0 Å². The number of rotatable bonds is 4. The summed E-state index contributed by atoms with van der Waals surface area (Å²) in [4.78, 5) is 11.3. The Balaban J connectivity index is 3.01. The standard InChI is InChI=1S/C11H13ClO3/c1-3-15-11(7(2)13)8-4-5-10(14)9(12)6-8/h4-6,11,14H,3H2,1-2H3. The Hall–Kier alpha value is -1.06. The first-order valence-electron chi connectivity index (χ1n) is 4.66. The molecule has 0 bridgehead atoms. The fraction of sp³-hybridized carbons (Fsp3) is 0.364. The lowest BCUT2D eigenvalue weighted by Gasteiger charge is -2.14. The molecule has 1 atom stereocenters. The summed E-state index contributed by atoms with van der Waals surface area (Å²) in [6.07, 6.45) is -0.604. The summed E-state index contributed by atoms with van der Waals surface area (Å²) in [5.74, 6) is -0.0853. The van der Waals surface area contributed by atoms with Crippen molar-refractivity contribution in [2.75, 3.05) is 6.61 Å². The van der Waals surface area contributed by atoms with E-state index in [1.54, 1.807) is 12.1 Å². The lowest BCUT2D eigenvalue weighted by molar-refractivity contribution is -0.128. The summed E-state index contributed by atoms with van der Waals surface area (Å²) in [6, 6.07) is 4.62. The normalized spacial score (nSPS) is 12.5. The number of hydrogen-bond donors (Lipinski definition) is 1. The lowest BCUT2D eigenvalue weighted by atomic mass is 10.1. The van der Waals surface area contributed by atoms with E-state index in [-0.39, 0.29) is 16.6 Å². The molecule has 0 aromatic heterocycles. The molecule has 15 heavy (non-hydrogen) atoms. The van der Waals surface area contributed by atoms with Gasteiger partial charge in [-0.1, -0.05) is 17.7 Å². The highest BCUT2D eigenvalue weighted by molar-refractivity contribution is 6.32. The predicted molar refractivity (Wildman–Crippen MR) is 58.2 cm³/mol. The van der Waals surface area contributed by atoms with E-state index in [1.807, 2.05) is 6.92 Å². The highest BCUT2D eigenvalue weighted by atomic mass is 35.5. The summed E-state index contributed by atoms with van der Waals surface area (Å²) < 4.78 is 5.29. The molecule has 82 valence electrons. The van der Waals surface area contributed by atoms with Gasteiger partial charge in [0.1, 0.15) is 11.9 Å². The zero-order valence-electron chi connectivity index (χ0n) is 8.66. The molecule has 1 aromatic carbocycles. The van der Waals surface area contributed by atoms with Gasteiger partial charge in [-0.2, -0.15) is 0 Å². The second-order valence-corrected chi connectivity index (χ2v) is 3.56. The number of aromatic hydroxyl groups is 1. The van der Waals surface area contributed by atoms with Gasteiger partial charge >= 0.3 is 0 Å². The van der Waals surface area contributed by atoms with Gasteiger partial charge in [-0.05, 0) is 31.5 Å². The molecule has 0 saturated carbocycles. The number of Topliss-reactive ketones (excluding diaryl/α,β-unsaturated/α-hetero) is 1. The van der Waals surface area contributed by atoms with Gasteiger partial charge in [-0.3, -0.25) is 4.79 Å². The van der Waals surface area contributed by atoms with E-state index in [9.17, 15) is 9.90 Å². The van der Waals surface area contributed by atoms with Crippen molar-refractivity contribution in [3.63, 3.8) is 0 Å². The van der Waals surface area contributed by atoms with Crippen LogP contribution in [-0.2, 0) is 9.53 Å². The Morgan fingerprint density at radius 1 is 1.60 bits per heavy atom. The number of phenolic OH excluding ortho intramolecular Hbond substituents is 1. The molecule has 0 saturated heterocycles. The Bertz CT molecular complexity index is 363. The molecule has 0 aliphatic carbocycles. The topological polar surface area (TPSA) is 46.5 Å². The second-order valence-electron chi connectivity index (χ2n) is 3.16. The Kier molecular flexibility index (Phi) is 4.12. The first-order chi connectivity index (χ1) is 7.06. The van der Waals surface area contributed by atoms with Gasteiger partial charge in [0, 0.05) is 6.61 Å². The summed E-state index contributed by atoms with van der Waals surface area (Å²) in [6.45, 7) is 3.72. The van der Waals surface area contributed by atoms with Crippen LogP contribution in [0.25, 0.3) is 0 Å². The molecular weight excluding hydrogens is 216 g/mol. The molecule has 0 radical (unpaired) electrons. The van der Waals surface area contributed by atoms with E-state index in [2.05, 4.69) is 0 Å². The van der Waals surface area contributed by atoms with Crippen molar-refractivity contribution < 1.29 is 14.6 Å². The third kappa shape index (κ3) is 2.94. The van der Waals surface area contributed by atoms with Crippen LogP contribution in [0.2, 0.25) is 5.02 Å². The summed E-state index contributed by atoms with van der Waals surface area (Å²) in [5.41, 5.74) is 0.659. The van der Waals surface area contributed by atoms with Crippen molar-refractivity contribution in [1.29, 1.82) is 0 Å². The highest BCUT2D eigenvalue weighted by Crippen LogP contribution is 2.28. The number of benzene rings is 1. The molecule has 1 rings (SSSR count). The van der Waals surface area contributed by atoms with Crippen molar-refractivity contribution in [2.45, 2.75) is 20.0 Å². The van der Waals surface area contributed by atoms with Crippen molar-refractivity contribution >= 4 is 17.4 Å². The summed E-state index contributed by atoms with van der Waals surface area (Å²) >= 11 is 5.75. The van der Waals surface area contributed by atoms with Crippen LogP contribution >= 0.6 is 11.6 Å². The molecule has 0 heterocycles. The number of phenols is 1. The van der Waals surface area contributed by atoms with Gasteiger partial charge in [0.2, 0.25) is 0 Å². The van der Waals surface area contributed by atoms with Crippen LogP contribution in [0.4, 0.5) is 0 Å². The SMILES string of the molecule is CCOC(C(C)=O)c1ccc(O)c(Cl)c1. The Labute approximate surface area is 93.6 Å². The van der Waals surface area contributed by atoms with E-state index in [4.69, 9.17) is 16.3 Å². The smallest absolute Gasteiger partial charge is 0.163 e. The minimum absolute atomic E-state index is 0.000725. The lowest BCUT2D eigenvalue weighted by Crippen LogP contribution is -2.12. The first-order valence-corrected chi connectivity index (χ1v) is 5.04. The van der Waals surface area contributed by atoms with Crippen LogP contribution in [0, 0.1) is 0 Å². The molecule has 3 nitrogen and oxygen atoms in total. The quantitative estimate of drug-likeness (QED) is 0.862. The third-order valence-corrected chi connectivity index (χ3v) is 2.28.